The average Bonchev–Trinajstić information content (AvgIpc) is 2.94. The molecule has 0 radical (unpaired) electrons. The summed E-state index contributed by atoms with van der Waals surface area (Å²) in [6, 6.07) is 0.208. The van der Waals surface area contributed by atoms with Crippen molar-refractivity contribution in [3.8, 4) is 0 Å². The molecule has 7 heteroatoms. The zero-order chi connectivity index (χ0) is 16.5. The van der Waals surface area contributed by atoms with E-state index in [-0.39, 0.29) is 24.0 Å². The van der Waals surface area contributed by atoms with Gasteiger partial charge in [-0.1, -0.05) is 5.21 Å². The van der Waals surface area contributed by atoms with E-state index >= 15 is 0 Å². The van der Waals surface area contributed by atoms with Gasteiger partial charge in [0.05, 0.1) is 12.7 Å². The topological polar surface area (TPSA) is 83.3 Å². The number of carbonyl (C=O) groups excluding carboxylic acids is 1. The number of aromatic nitrogens is 3. The molecule has 124 valence electrons. The summed E-state index contributed by atoms with van der Waals surface area (Å²) in [4.78, 5) is 13.9. The van der Waals surface area contributed by atoms with Gasteiger partial charge in [-0.2, -0.15) is 0 Å². The van der Waals surface area contributed by atoms with E-state index in [1.165, 1.54) is 0 Å². The molecule has 1 aromatic heterocycles. The summed E-state index contributed by atoms with van der Waals surface area (Å²) in [5.41, 5.74) is -0.678. The van der Waals surface area contributed by atoms with Gasteiger partial charge < -0.3 is 10.4 Å². The third-order valence-corrected chi connectivity index (χ3v) is 3.72. The molecule has 2 rings (SSSR count). The van der Waals surface area contributed by atoms with Crippen LogP contribution in [0.1, 0.15) is 52.8 Å². The number of nitrogens with zero attached hydrogens (tertiary/aromatic N) is 4. The fourth-order valence-electron chi connectivity index (χ4n) is 2.62. The summed E-state index contributed by atoms with van der Waals surface area (Å²) >= 11 is 0. The van der Waals surface area contributed by atoms with E-state index < -0.39 is 5.60 Å². The highest BCUT2D eigenvalue weighted by Gasteiger charge is 2.40. The minimum absolute atomic E-state index is 0.0254. The fraction of sp³-hybridized carbons (Fsp3) is 0.800. The number of nitrogens with one attached hydrogen (secondary N) is 1. The third-order valence-electron chi connectivity index (χ3n) is 3.72. The molecule has 0 spiro atoms. The molecule has 1 aliphatic heterocycles. The quantitative estimate of drug-likeness (QED) is 0.854. The van der Waals surface area contributed by atoms with Crippen LogP contribution < -0.4 is 5.32 Å². The van der Waals surface area contributed by atoms with Crippen molar-refractivity contribution in [1.82, 2.24) is 25.2 Å². The largest absolute Gasteiger partial charge is 0.382 e. The second-order valence-electron chi connectivity index (χ2n) is 7.47. The summed E-state index contributed by atoms with van der Waals surface area (Å²) in [6.07, 6.45) is 2.36. The number of β-amino-alcohol motifs (C(OH)–C–C–N with tert-alkyl or cyclic N) is 1. The molecule has 1 atom stereocenters. The number of hydrogen-bond acceptors (Lipinski definition) is 5. The number of aliphatic hydroxyl groups is 1. The standard InChI is InChI=1S/C15H27N5O2/c1-11(2)20-8-12(17-18-20)15(22)6-7-19(10-15)9-13(21)16-14(3,4)5/h8,11,22H,6-7,9-10H2,1-5H3,(H,16,21)/t15-/m1/s1. The van der Waals surface area contributed by atoms with Crippen molar-refractivity contribution < 1.29 is 9.90 Å². The number of hydrogen-bond donors (Lipinski definition) is 2. The van der Waals surface area contributed by atoms with E-state index in [1.807, 2.05) is 39.5 Å². The molecule has 0 aliphatic carbocycles. The van der Waals surface area contributed by atoms with E-state index in [4.69, 9.17) is 0 Å². The van der Waals surface area contributed by atoms with Crippen LogP contribution in [0.2, 0.25) is 0 Å². The third kappa shape index (κ3) is 4.04. The molecule has 1 fully saturated rings. The van der Waals surface area contributed by atoms with Crippen molar-refractivity contribution in [2.45, 2.75) is 58.2 Å². The van der Waals surface area contributed by atoms with Crippen molar-refractivity contribution in [3.05, 3.63) is 11.9 Å². The van der Waals surface area contributed by atoms with Crippen LogP contribution in [0.15, 0.2) is 6.20 Å². The van der Waals surface area contributed by atoms with Crippen molar-refractivity contribution in [1.29, 1.82) is 0 Å². The lowest BCUT2D eigenvalue weighted by molar-refractivity contribution is -0.123. The fourth-order valence-corrected chi connectivity index (χ4v) is 2.62. The highest BCUT2D eigenvalue weighted by Crippen LogP contribution is 2.30. The lowest BCUT2D eigenvalue weighted by Gasteiger charge is -2.24. The molecule has 2 N–H and O–H groups in total. The summed E-state index contributed by atoms with van der Waals surface area (Å²) in [7, 11) is 0. The maximum absolute atomic E-state index is 12.0. The van der Waals surface area contributed by atoms with E-state index in [0.29, 0.717) is 25.2 Å². The van der Waals surface area contributed by atoms with Gasteiger partial charge in [-0.05, 0) is 41.0 Å². The second-order valence-corrected chi connectivity index (χ2v) is 7.47. The van der Waals surface area contributed by atoms with Crippen LogP contribution in [-0.4, -0.2) is 56.1 Å². The molecule has 1 aromatic rings. The number of carbonyl (C=O) groups is 1. The van der Waals surface area contributed by atoms with Crippen molar-refractivity contribution in [3.63, 3.8) is 0 Å². The second kappa shape index (κ2) is 5.96. The number of rotatable bonds is 4. The van der Waals surface area contributed by atoms with Gasteiger partial charge in [0.2, 0.25) is 5.91 Å². The Bertz CT molecular complexity index is 534. The van der Waals surface area contributed by atoms with E-state index in [1.54, 1.807) is 10.9 Å². The normalized spacial score (nSPS) is 23.2. The lowest BCUT2D eigenvalue weighted by Crippen LogP contribution is -2.46. The van der Waals surface area contributed by atoms with Gasteiger partial charge >= 0.3 is 0 Å². The molecule has 7 nitrogen and oxygen atoms in total. The minimum Gasteiger partial charge on any atom is -0.382 e. The highest BCUT2D eigenvalue weighted by molar-refractivity contribution is 5.78. The maximum Gasteiger partial charge on any atom is 0.234 e. The SMILES string of the molecule is CC(C)n1cc([C@@]2(O)CCN(CC(=O)NC(C)(C)C)C2)nn1. The first-order valence-electron chi connectivity index (χ1n) is 7.77. The van der Waals surface area contributed by atoms with Crippen molar-refractivity contribution >= 4 is 5.91 Å². The predicted octanol–water partition coefficient (Wildman–Crippen LogP) is 0.667. The first kappa shape index (κ1) is 16.9. The van der Waals surface area contributed by atoms with E-state index in [2.05, 4.69) is 15.6 Å². The smallest absolute Gasteiger partial charge is 0.234 e. The summed E-state index contributed by atoms with van der Waals surface area (Å²) < 4.78 is 1.74. The van der Waals surface area contributed by atoms with Gasteiger partial charge in [0, 0.05) is 24.7 Å². The lowest BCUT2D eigenvalue weighted by atomic mass is 10.00. The summed E-state index contributed by atoms with van der Waals surface area (Å²) in [6.45, 7) is 11.3. The molecule has 1 amide bonds. The molecule has 22 heavy (non-hydrogen) atoms. The Balaban J connectivity index is 1.97. The Morgan fingerprint density at radius 2 is 2.18 bits per heavy atom. The number of likely N-dealkylation sites (tertiary alicyclic amines) is 1. The Kier molecular flexibility index (Phi) is 4.58. The van der Waals surface area contributed by atoms with Crippen LogP contribution in [0.4, 0.5) is 0 Å². The van der Waals surface area contributed by atoms with E-state index in [0.717, 1.165) is 0 Å². The van der Waals surface area contributed by atoms with Crippen LogP contribution >= 0.6 is 0 Å². The van der Waals surface area contributed by atoms with Gasteiger partial charge in [0.25, 0.3) is 0 Å². The molecule has 1 saturated heterocycles. The molecule has 0 aromatic carbocycles. The molecule has 0 unspecified atom stereocenters. The Morgan fingerprint density at radius 1 is 1.50 bits per heavy atom. The van der Waals surface area contributed by atoms with Gasteiger partial charge in [0.1, 0.15) is 11.3 Å². The average molecular weight is 309 g/mol. The van der Waals surface area contributed by atoms with Gasteiger partial charge in [-0.25, -0.2) is 4.68 Å². The molecule has 2 heterocycles. The molecular formula is C15H27N5O2. The molecule has 0 bridgehead atoms. The first-order chi connectivity index (χ1) is 10.1. The Labute approximate surface area is 131 Å². The van der Waals surface area contributed by atoms with Crippen LogP contribution in [0, 0.1) is 0 Å². The number of amides is 1. The Morgan fingerprint density at radius 3 is 2.73 bits per heavy atom. The molecule has 0 saturated carbocycles. The van der Waals surface area contributed by atoms with Gasteiger partial charge in [0.15, 0.2) is 0 Å². The van der Waals surface area contributed by atoms with Crippen LogP contribution in [0.3, 0.4) is 0 Å². The first-order valence-corrected chi connectivity index (χ1v) is 7.77. The Hall–Kier alpha value is -1.47. The van der Waals surface area contributed by atoms with Crippen molar-refractivity contribution in [2.24, 2.45) is 0 Å². The molecular weight excluding hydrogens is 282 g/mol. The van der Waals surface area contributed by atoms with Crippen LogP contribution in [-0.2, 0) is 10.4 Å². The predicted molar refractivity (Wildman–Crippen MR) is 83.3 cm³/mol. The minimum atomic E-state index is -1.02. The zero-order valence-corrected chi connectivity index (χ0v) is 14.1. The summed E-state index contributed by atoms with van der Waals surface area (Å²) in [5, 5.41) is 21.9. The molecule has 1 aliphatic rings. The zero-order valence-electron chi connectivity index (χ0n) is 14.1. The monoisotopic (exact) mass is 309 g/mol. The van der Waals surface area contributed by atoms with Crippen LogP contribution in [0.25, 0.3) is 0 Å². The van der Waals surface area contributed by atoms with Crippen molar-refractivity contribution in [2.75, 3.05) is 19.6 Å². The van der Waals surface area contributed by atoms with Gasteiger partial charge in [-0.15, -0.1) is 5.10 Å². The summed E-state index contributed by atoms with van der Waals surface area (Å²) in [5.74, 6) is -0.0254. The maximum atomic E-state index is 12.0. The van der Waals surface area contributed by atoms with Gasteiger partial charge in [-0.3, -0.25) is 9.69 Å². The highest BCUT2D eigenvalue weighted by atomic mass is 16.3. The van der Waals surface area contributed by atoms with Crippen LogP contribution in [0.5, 0.6) is 0 Å². The van der Waals surface area contributed by atoms with E-state index in [9.17, 15) is 9.90 Å².